The first-order chi connectivity index (χ1) is 13.9. The Balaban J connectivity index is 1.99. The second-order valence-electron chi connectivity index (χ2n) is 9.88. The van der Waals surface area contributed by atoms with Gasteiger partial charge in [-0.1, -0.05) is 64.2 Å². The van der Waals surface area contributed by atoms with Crippen LogP contribution in [0.25, 0.3) is 0 Å². The van der Waals surface area contributed by atoms with Gasteiger partial charge in [-0.25, -0.2) is 0 Å². The third-order valence-electron chi connectivity index (χ3n) is 8.07. The van der Waals surface area contributed by atoms with E-state index in [0.717, 1.165) is 77.0 Å². The van der Waals surface area contributed by atoms with E-state index in [1.807, 2.05) is 0 Å². The molecule has 5 heteroatoms. The molecule has 0 radical (unpaired) electrons. The van der Waals surface area contributed by atoms with E-state index < -0.39 is 22.8 Å². The number of carboxylic acid groups (broad SMARTS) is 2. The molecule has 3 rings (SSSR count). The maximum Gasteiger partial charge on any atom is 0.313 e. The lowest BCUT2D eigenvalue weighted by Crippen LogP contribution is -2.51. The van der Waals surface area contributed by atoms with Gasteiger partial charge in [0.25, 0.3) is 0 Å². The van der Waals surface area contributed by atoms with Crippen LogP contribution in [0.15, 0.2) is 11.8 Å². The number of allylic oxidation sites excluding steroid dienone is 1. The van der Waals surface area contributed by atoms with E-state index >= 15 is 0 Å². The molecule has 3 N–H and O–H groups in total. The van der Waals surface area contributed by atoms with Gasteiger partial charge in [0.05, 0.1) is 16.6 Å². The molecule has 164 valence electrons. The van der Waals surface area contributed by atoms with Crippen molar-refractivity contribution in [2.75, 3.05) is 0 Å². The fraction of sp³-hybridized carbons (Fsp3) is 0.833. The largest absolute Gasteiger partial charge is 0.513 e. The van der Waals surface area contributed by atoms with Crippen molar-refractivity contribution in [2.45, 2.75) is 103 Å². The van der Waals surface area contributed by atoms with Crippen LogP contribution in [-0.2, 0) is 9.59 Å². The zero-order valence-electron chi connectivity index (χ0n) is 17.7. The van der Waals surface area contributed by atoms with Gasteiger partial charge >= 0.3 is 11.9 Å². The summed E-state index contributed by atoms with van der Waals surface area (Å²) in [7, 11) is 0. The molecule has 0 aromatic carbocycles. The first-order valence-electron chi connectivity index (χ1n) is 11.8. The van der Waals surface area contributed by atoms with Crippen molar-refractivity contribution in [3.63, 3.8) is 0 Å². The summed E-state index contributed by atoms with van der Waals surface area (Å²) >= 11 is 0. The number of rotatable bonds is 4. The van der Waals surface area contributed by atoms with Crippen molar-refractivity contribution < 1.29 is 24.9 Å². The number of hydrogen-bond acceptors (Lipinski definition) is 3. The summed E-state index contributed by atoms with van der Waals surface area (Å²) in [6.07, 6.45) is 15.8. The van der Waals surface area contributed by atoms with Crippen LogP contribution in [0.2, 0.25) is 0 Å². The Hall–Kier alpha value is -1.52. The highest BCUT2D eigenvalue weighted by Gasteiger charge is 2.58. The van der Waals surface area contributed by atoms with Gasteiger partial charge in [-0.2, -0.15) is 0 Å². The molecule has 29 heavy (non-hydrogen) atoms. The standard InChI is InChI=1S/C24H38O5/c25-20-15-23(21(26)27,18-11-7-3-1-4-8-12-18)17-24(16-20,22(28)29)19-13-9-5-2-6-10-14-19/h15,18-19,25H,1-14,16-17H2,(H,26,27)(H,28,29). The molecule has 3 aliphatic carbocycles. The molecular formula is C24H38O5. The number of carboxylic acids is 2. The Bertz CT molecular complexity index is 611. The lowest BCUT2D eigenvalue weighted by atomic mass is 9.53. The minimum atomic E-state index is -1.26. The summed E-state index contributed by atoms with van der Waals surface area (Å²) in [6, 6.07) is 0. The zero-order valence-corrected chi connectivity index (χ0v) is 17.7. The first kappa shape index (κ1) is 22.2. The van der Waals surface area contributed by atoms with Crippen molar-refractivity contribution in [1.82, 2.24) is 0 Å². The second kappa shape index (κ2) is 9.53. The Morgan fingerprint density at radius 3 is 1.62 bits per heavy atom. The van der Waals surface area contributed by atoms with E-state index in [1.54, 1.807) is 0 Å². The molecule has 0 aromatic rings. The summed E-state index contributed by atoms with van der Waals surface area (Å²) in [5.41, 5.74) is -2.43. The molecule has 2 unspecified atom stereocenters. The number of hydrogen-bond donors (Lipinski definition) is 3. The normalized spacial score (nSPS) is 33.6. The minimum Gasteiger partial charge on any atom is -0.513 e. The monoisotopic (exact) mass is 406 g/mol. The zero-order chi connectivity index (χ0) is 20.9. The minimum absolute atomic E-state index is 0.0230. The van der Waals surface area contributed by atoms with Crippen LogP contribution in [0.5, 0.6) is 0 Å². The number of aliphatic hydroxyl groups is 1. The van der Waals surface area contributed by atoms with Gasteiger partial charge in [-0.15, -0.1) is 0 Å². The van der Waals surface area contributed by atoms with Gasteiger partial charge < -0.3 is 15.3 Å². The van der Waals surface area contributed by atoms with E-state index in [0.29, 0.717) is 0 Å². The quantitative estimate of drug-likeness (QED) is 0.525. The van der Waals surface area contributed by atoms with Crippen molar-refractivity contribution in [3.8, 4) is 0 Å². The van der Waals surface area contributed by atoms with E-state index in [2.05, 4.69) is 0 Å². The molecule has 0 bridgehead atoms. The highest BCUT2D eigenvalue weighted by Crippen LogP contribution is 2.56. The van der Waals surface area contributed by atoms with Crippen LogP contribution >= 0.6 is 0 Å². The first-order valence-corrected chi connectivity index (χ1v) is 11.8. The average molecular weight is 407 g/mol. The van der Waals surface area contributed by atoms with Gasteiger partial charge in [0, 0.05) is 6.42 Å². The van der Waals surface area contributed by atoms with E-state index in [-0.39, 0.29) is 30.4 Å². The molecular weight excluding hydrogens is 368 g/mol. The molecule has 0 spiro atoms. The van der Waals surface area contributed by atoms with Crippen molar-refractivity contribution in [1.29, 1.82) is 0 Å². The van der Waals surface area contributed by atoms with E-state index in [9.17, 15) is 24.9 Å². The van der Waals surface area contributed by atoms with Crippen molar-refractivity contribution in [3.05, 3.63) is 11.8 Å². The summed E-state index contributed by atoms with van der Waals surface area (Å²) < 4.78 is 0. The summed E-state index contributed by atoms with van der Waals surface area (Å²) in [4.78, 5) is 25.4. The Labute approximate surface area is 174 Å². The summed E-state index contributed by atoms with van der Waals surface area (Å²) in [5, 5.41) is 31.5. The number of aliphatic hydroxyl groups excluding tert-OH is 1. The lowest BCUT2D eigenvalue weighted by Gasteiger charge is -2.48. The molecule has 0 aromatic heterocycles. The lowest BCUT2D eigenvalue weighted by molar-refractivity contribution is -0.166. The SMILES string of the molecule is O=C(O)C1(C2CCCCCCC2)C=C(O)CC(C(=O)O)(C2CCCCCCC2)C1. The van der Waals surface area contributed by atoms with Crippen LogP contribution in [0.3, 0.4) is 0 Å². The number of aliphatic carboxylic acids is 2. The molecule has 0 heterocycles. The molecule has 3 aliphatic rings. The predicted octanol–water partition coefficient (Wildman–Crippen LogP) is 6.09. The topological polar surface area (TPSA) is 94.8 Å². The van der Waals surface area contributed by atoms with Crippen LogP contribution in [0.4, 0.5) is 0 Å². The molecule has 0 saturated heterocycles. The van der Waals surface area contributed by atoms with E-state index in [4.69, 9.17) is 0 Å². The second-order valence-corrected chi connectivity index (χ2v) is 9.88. The third kappa shape index (κ3) is 4.64. The van der Waals surface area contributed by atoms with Crippen molar-refractivity contribution >= 4 is 11.9 Å². The Kier molecular flexibility index (Phi) is 7.28. The Morgan fingerprint density at radius 2 is 1.17 bits per heavy atom. The molecule has 5 nitrogen and oxygen atoms in total. The van der Waals surface area contributed by atoms with Gasteiger partial charge in [-0.05, 0) is 50.0 Å². The predicted molar refractivity (Wildman–Crippen MR) is 112 cm³/mol. The molecule has 0 aliphatic heterocycles. The maximum absolute atomic E-state index is 12.7. The maximum atomic E-state index is 12.7. The van der Waals surface area contributed by atoms with Gasteiger partial charge in [0.2, 0.25) is 0 Å². The summed E-state index contributed by atoms with van der Waals surface area (Å²) in [6.45, 7) is 0. The van der Waals surface area contributed by atoms with Gasteiger partial charge in [0.15, 0.2) is 0 Å². The van der Waals surface area contributed by atoms with Crippen LogP contribution in [0, 0.1) is 22.7 Å². The Morgan fingerprint density at radius 1 is 0.724 bits per heavy atom. The fourth-order valence-electron chi connectivity index (χ4n) is 6.48. The smallest absolute Gasteiger partial charge is 0.313 e. The average Bonchev–Trinajstić information content (AvgIpc) is 2.60. The number of carbonyl (C=O) groups is 2. The third-order valence-corrected chi connectivity index (χ3v) is 8.07. The summed E-state index contributed by atoms with van der Waals surface area (Å²) in [5.74, 6) is -2.06. The van der Waals surface area contributed by atoms with Gasteiger partial charge in [-0.3, -0.25) is 9.59 Å². The highest BCUT2D eigenvalue weighted by atomic mass is 16.4. The fourth-order valence-corrected chi connectivity index (χ4v) is 6.48. The molecule has 2 saturated carbocycles. The molecule has 0 amide bonds. The van der Waals surface area contributed by atoms with Crippen LogP contribution in [-0.4, -0.2) is 27.3 Å². The highest BCUT2D eigenvalue weighted by molar-refractivity contribution is 5.82. The molecule has 2 atom stereocenters. The van der Waals surface area contributed by atoms with Crippen LogP contribution in [0.1, 0.15) is 103 Å². The van der Waals surface area contributed by atoms with Crippen molar-refractivity contribution in [2.24, 2.45) is 22.7 Å². The molecule has 2 fully saturated rings. The van der Waals surface area contributed by atoms with Gasteiger partial charge in [0.1, 0.15) is 0 Å². The van der Waals surface area contributed by atoms with Crippen LogP contribution < -0.4 is 0 Å². The van der Waals surface area contributed by atoms with E-state index in [1.165, 1.54) is 18.9 Å².